The number of rotatable bonds is 1. The van der Waals surface area contributed by atoms with Gasteiger partial charge in [-0.1, -0.05) is 13.0 Å². The lowest BCUT2D eigenvalue weighted by Gasteiger charge is -2.28. The van der Waals surface area contributed by atoms with E-state index in [2.05, 4.69) is 4.74 Å². The van der Waals surface area contributed by atoms with Gasteiger partial charge < -0.3 is 9.84 Å². The Morgan fingerprint density at radius 1 is 1.69 bits per heavy atom. The molecule has 0 aliphatic heterocycles. The first-order valence-electron chi connectivity index (χ1n) is 4.50. The van der Waals surface area contributed by atoms with Crippen LogP contribution in [0.25, 0.3) is 0 Å². The molecular formula is C10H16O3. The van der Waals surface area contributed by atoms with Gasteiger partial charge in [0, 0.05) is 0 Å². The summed E-state index contributed by atoms with van der Waals surface area (Å²) in [5, 5.41) is 9.69. The summed E-state index contributed by atoms with van der Waals surface area (Å²) in [6.45, 7) is 3.88. The highest BCUT2D eigenvalue weighted by molar-refractivity contribution is 5.73. The largest absolute Gasteiger partial charge is 0.469 e. The van der Waals surface area contributed by atoms with Crippen LogP contribution in [-0.4, -0.2) is 24.3 Å². The molecule has 1 rings (SSSR count). The van der Waals surface area contributed by atoms with Crippen LogP contribution in [0.3, 0.4) is 0 Å². The number of aliphatic hydroxyl groups excluding tert-OH is 1. The fourth-order valence-corrected chi connectivity index (χ4v) is 1.84. The van der Waals surface area contributed by atoms with Gasteiger partial charge in [0.1, 0.15) is 0 Å². The van der Waals surface area contributed by atoms with Gasteiger partial charge >= 0.3 is 5.97 Å². The Kier molecular flexibility index (Phi) is 3.09. The van der Waals surface area contributed by atoms with Crippen LogP contribution < -0.4 is 0 Å². The minimum atomic E-state index is -0.663. The molecule has 0 radical (unpaired) electrons. The maximum atomic E-state index is 11.3. The van der Waals surface area contributed by atoms with Crippen molar-refractivity contribution in [2.24, 2.45) is 11.8 Å². The number of aliphatic hydroxyl groups is 1. The fraction of sp³-hybridized carbons (Fsp3) is 0.700. The van der Waals surface area contributed by atoms with Gasteiger partial charge in [-0.25, -0.2) is 0 Å². The third-order valence-corrected chi connectivity index (χ3v) is 2.52. The lowest BCUT2D eigenvalue weighted by Crippen LogP contribution is -2.34. The molecule has 0 spiro atoms. The van der Waals surface area contributed by atoms with Gasteiger partial charge in [-0.3, -0.25) is 4.79 Å². The Morgan fingerprint density at radius 3 is 2.85 bits per heavy atom. The van der Waals surface area contributed by atoms with Crippen LogP contribution in [0.1, 0.15) is 20.3 Å². The van der Waals surface area contributed by atoms with Gasteiger partial charge in [0.2, 0.25) is 0 Å². The molecule has 0 saturated heterocycles. The summed E-state index contributed by atoms with van der Waals surface area (Å²) >= 11 is 0. The molecule has 0 heterocycles. The van der Waals surface area contributed by atoms with Crippen molar-refractivity contribution in [1.29, 1.82) is 0 Å². The molecule has 0 unspecified atom stereocenters. The molecule has 1 aliphatic carbocycles. The molecule has 13 heavy (non-hydrogen) atoms. The maximum absolute atomic E-state index is 11.3. The van der Waals surface area contributed by atoms with Gasteiger partial charge in [0.25, 0.3) is 0 Å². The van der Waals surface area contributed by atoms with E-state index >= 15 is 0 Å². The Bertz CT molecular complexity index is 232. The first-order chi connectivity index (χ1) is 6.06. The first-order valence-corrected chi connectivity index (χ1v) is 4.50. The van der Waals surface area contributed by atoms with Crippen LogP contribution in [0.15, 0.2) is 11.6 Å². The molecule has 0 amide bonds. The predicted molar refractivity (Wildman–Crippen MR) is 49.1 cm³/mol. The molecule has 0 aromatic heterocycles. The van der Waals surface area contributed by atoms with Crippen molar-refractivity contribution in [3.05, 3.63) is 11.6 Å². The Hall–Kier alpha value is -0.830. The molecule has 3 atom stereocenters. The summed E-state index contributed by atoms with van der Waals surface area (Å²) in [5.74, 6) is -0.357. The highest BCUT2D eigenvalue weighted by atomic mass is 16.5. The molecule has 0 bridgehead atoms. The zero-order valence-electron chi connectivity index (χ0n) is 8.28. The van der Waals surface area contributed by atoms with E-state index < -0.39 is 6.10 Å². The SMILES string of the molecule is COC(=O)[C@H]1C[C@@H](C)C=C(C)[C@H]1O. The molecular weight excluding hydrogens is 168 g/mol. The molecule has 1 N–H and O–H groups in total. The van der Waals surface area contributed by atoms with E-state index in [0.717, 1.165) is 5.57 Å². The number of hydrogen-bond acceptors (Lipinski definition) is 3. The molecule has 74 valence electrons. The highest BCUT2D eigenvalue weighted by Gasteiger charge is 2.33. The second-order valence-corrected chi connectivity index (χ2v) is 3.70. The molecule has 0 fully saturated rings. The summed E-state index contributed by atoms with van der Waals surface area (Å²) in [7, 11) is 1.35. The minimum Gasteiger partial charge on any atom is -0.469 e. The smallest absolute Gasteiger partial charge is 0.311 e. The quantitative estimate of drug-likeness (QED) is 0.490. The molecule has 0 aromatic carbocycles. The van der Waals surface area contributed by atoms with Crippen molar-refractivity contribution in [1.82, 2.24) is 0 Å². The Morgan fingerprint density at radius 2 is 2.31 bits per heavy atom. The molecule has 0 aromatic rings. The third kappa shape index (κ3) is 2.10. The van der Waals surface area contributed by atoms with E-state index in [1.807, 2.05) is 19.9 Å². The Balaban J connectivity index is 2.78. The van der Waals surface area contributed by atoms with Crippen LogP contribution in [0, 0.1) is 11.8 Å². The van der Waals surface area contributed by atoms with E-state index in [0.29, 0.717) is 12.3 Å². The lowest BCUT2D eigenvalue weighted by molar-refractivity contribution is -0.149. The third-order valence-electron chi connectivity index (χ3n) is 2.52. The fourth-order valence-electron chi connectivity index (χ4n) is 1.84. The minimum absolute atomic E-state index is 0.313. The zero-order chi connectivity index (χ0) is 10.0. The van der Waals surface area contributed by atoms with E-state index in [1.165, 1.54) is 7.11 Å². The number of methoxy groups -OCH3 is 1. The van der Waals surface area contributed by atoms with Crippen molar-refractivity contribution >= 4 is 5.97 Å². The number of esters is 1. The monoisotopic (exact) mass is 184 g/mol. The average Bonchev–Trinajstić information content (AvgIpc) is 2.10. The summed E-state index contributed by atoms with van der Waals surface area (Å²) < 4.78 is 4.63. The Labute approximate surface area is 78.4 Å². The number of carbonyl (C=O) groups is 1. The molecule has 0 saturated carbocycles. The molecule has 3 nitrogen and oxygen atoms in total. The van der Waals surface area contributed by atoms with Gasteiger partial charge in [-0.2, -0.15) is 0 Å². The number of allylic oxidation sites excluding steroid dienone is 1. The van der Waals surface area contributed by atoms with E-state index in [4.69, 9.17) is 0 Å². The van der Waals surface area contributed by atoms with Crippen LogP contribution >= 0.6 is 0 Å². The molecule has 1 aliphatic rings. The number of ether oxygens (including phenoxy) is 1. The van der Waals surface area contributed by atoms with Gasteiger partial charge in [0.05, 0.1) is 19.1 Å². The normalized spacial score (nSPS) is 33.8. The van der Waals surface area contributed by atoms with Crippen LogP contribution in [-0.2, 0) is 9.53 Å². The summed E-state index contributed by atoms with van der Waals surface area (Å²) in [5.41, 5.74) is 0.870. The summed E-state index contributed by atoms with van der Waals surface area (Å²) in [4.78, 5) is 11.3. The highest BCUT2D eigenvalue weighted by Crippen LogP contribution is 2.28. The average molecular weight is 184 g/mol. The van der Waals surface area contributed by atoms with Crippen molar-refractivity contribution in [2.45, 2.75) is 26.4 Å². The van der Waals surface area contributed by atoms with Crippen molar-refractivity contribution in [2.75, 3.05) is 7.11 Å². The van der Waals surface area contributed by atoms with Crippen molar-refractivity contribution < 1.29 is 14.6 Å². The van der Waals surface area contributed by atoms with Gasteiger partial charge in [-0.15, -0.1) is 0 Å². The number of hydrogen-bond donors (Lipinski definition) is 1. The predicted octanol–water partition coefficient (Wildman–Crippen LogP) is 1.12. The zero-order valence-corrected chi connectivity index (χ0v) is 8.28. The van der Waals surface area contributed by atoms with Crippen molar-refractivity contribution in [3.8, 4) is 0 Å². The van der Waals surface area contributed by atoms with E-state index in [1.54, 1.807) is 0 Å². The summed E-state index contributed by atoms with van der Waals surface area (Å²) in [6, 6.07) is 0. The molecule has 3 heteroatoms. The topological polar surface area (TPSA) is 46.5 Å². The van der Waals surface area contributed by atoms with Crippen molar-refractivity contribution in [3.63, 3.8) is 0 Å². The maximum Gasteiger partial charge on any atom is 0.311 e. The number of carbonyl (C=O) groups excluding carboxylic acids is 1. The van der Waals surface area contributed by atoms with E-state index in [9.17, 15) is 9.90 Å². The van der Waals surface area contributed by atoms with Gasteiger partial charge in [0.15, 0.2) is 0 Å². The standard InChI is InChI=1S/C10H16O3/c1-6-4-7(2)9(11)8(5-6)10(12)13-3/h4,6,8-9,11H,5H2,1-3H3/t6-,8-,9+/m0/s1. The first kappa shape index (κ1) is 10.3. The van der Waals surface area contributed by atoms with E-state index in [-0.39, 0.29) is 11.9 Å². The lowest BCUT2D eigenvalue weighted by atomic mass is 9.81. The van der Waals surface area contributed by atoms with Crippen LogP contribution in [0.5, 0.6) is 0 Å². The summed E-state index contributed by atoms with van der Waals surface area (Å²) in [6.07, 6.45) is 2.01. The van der Waals surface area contributed by atoms with Gasteiger partial charge in [-0.05, 0) is 24.8 Å². The van der Waals surface area contributed by atoms with Crippen LogP contribution in [0.4, 0.5) is 0 Å². The second-order valence-electron chi connectivity index (χ2n) is 3.70. The second kappa shape index (κ2) is 3.92. The van der Waals surface area contributed by atoms with Crippen LogP contribution in [0.2, 0.25) is 0 Å².